The molecular formula is C12H12N2. The van der Waals surface area contributed by atoms with Gasteiger partial charge in [-0.3, -0.25) is 4.98 Å². The fourth-order valence-corrected chi connectivity index (χ4v) is 1.41. The van der Waals surface area contributed by atoms with E-state index in [0.29, 0.717) is 0 Å². The molecule has 0 fully saturated rings. The lowest BCUT2D eigenvalue weighted by atomic mass is 10.1. The summed E-state index contributed by atoms with van der Waals surface area (Å²) >= 11 is 0. The van der Waals surface area contributed by atoms with E-state index in [2.05, 4.69) is 11.1 Å². The van der Waals surface area contributed by atoms with Gasteiger partial charge in [-0.25, -0.2) is 0 Å². The average molecular weight is 184 g/mol. The van der Waals surface area contributed by atoms with Crippen molar-refractivity contribution in [2.75, 3.05) is 5.73 Å². The minimum Gasteiger partial charge on any atom is -0.399 e. The van der Waals surface area contributed by atoms with Gasteiger partial charge in [0.2, 0.25) is 0 Å². The Balaban J connectivity index is 2.19. The van der Waals surface area contributed by atoms with Crippen LogP contribution in [0, 0.1) is 0 Å². The van der Waals surface area contributed by atoms with E-state index in [4.69, 9.17) is 5.73 Å². The van der Waals surface area contributed by atoms with E-state index < -0.39 is 0 Å². The molecule has 14 heavy (non-hydrogen) atoms. The molecule has 0 aliphatic rings. The van der Waals surface area contributed by atoms with Crippen LogP contribution in [0.5, 0.6) is 0 Å². The lowest BCUT2D eigenvalue weighted by Crippen LogP contribution is -1.92. The third kappa shape index (κ3) is 2.10. The molecule has 0 aliphatic heterocycles. The summed E-state index contributed by atoms with van der Waals surface area (Å²) in [6.45, 7) is 0. The standard InChI is InChI=1S/C12H12N2/c13-11-5-3-4-10(8-11)9-12-6-1-2-7-14-12/h1-8H,9,13H2. The largest absolute Gasteiger partial charge is 0.399 e. The number of pyridine rings is 1. The van der Waals surface area contributed by atoms with Crippen LogP contribution < -0.4 is 5.73 Å². The number of benzene rings is 1. The summed E-state index contributed by atoms with van der Waals surface area (Å²) < 4.78 is 0. The molecule has 0 radical (unpaired) electrons. The lowest BCUT2D eigenvalue weighted by Gasteiger charge is -2.01. The van der Waals surface area contributed by atoms with Crippen molar-refractivity contribution in [3.63, 3.8) is 0 Å². The molecule has 0 atom stereocenters. The second kappa shape index (κ2) is 3.92. The maximum Gasteiger partial charge on any atom is 0.0447 e. The molecule has 0 amide bonds. The van der Waals surface area contributed by atoms with Gasteiger partial charge in [0.25, 0.3) is 0 Å². The molecule has 1 aromatic heterocycles. The summed E-state index contributed by atoms with van der Waals surface area (Å²) in [7, 11) is 0. The fourth-order valence-electron chi connectivity index (χ4n) is 1.41. The predicted molar refractivity (Wildman–Crippen MR) is 57.9 cm³/mol. The van der Waals surface area contributed by atoms with Crippen molar-refractivity contribution in [1.82, 2.24) is 4.98 Å². The average Bonchev–Trinajstić information content (AvgIpc) is 2.19. The highest BCUT2D eigenvalue weighted by Crippen LogP contribution is 2.10. The van der Waals surface area contributed by atoms with Crippen molar-refractivity contribution in [1.29, 1.82) is 0 Å². The fraction of sp³-hybridized carbons (Fsp3) is 0.0833. The Morgan fingerprint density at radius 1 is 1.07 bits per heavy atom. The van der Waals surface area contributed by atoms with Crippen molar-refractivity contribution in [2.45, 2.75) is 6.42 Å². The predicted octanol–water partition coefficient (Wildman–Crippen LogP) is 2.25. The highest BCUT2D eigenvalue weighted by Gasteiger charge is 1.96. The van der Waals surface area contributed by atoms with E-state index in [0.717, 1.165) is 17.8 Å². The van der Waals surface area contributed by atoms with Gasteiger partial charge in [0.05, 0.1) is 0 Å². The van der Waals surface area contributed by atoms with Gasteiger partial charge in [0, 0.05) is 24.0 Å². The van der Waals surface area contributed by atoms with Crippen LogP contribution in [-0.2, 0) is 6.42 Å². The molecule has 2 nitrogen and oxygen atoms in total. The molecule has 0 bridgehead atoms. The Morgan fingerprint density at radius 2 is 2.00 bits per heavy atom. The summed E-state index contributed by atoms with van der Waals surface area (Å²) in [6.07, 6.45) is 2.65. The molecule has 0 saturated heterocycles. The minimum absolute atomic E-state index is 0.804. The Kier molecular flexibility index (Phi) is 2.45. The van der Waals surface area contributed by atoms with Gasteiger partial charge in [-0.2, -0.15) is 0 Å². The number of nitrogens with zero attached hydrogens (tertiary/aromatic N) is 1. The molecule has 0 spiro atoms. The van der Waals surface area contributed by atoms with Crippen LogP contribution in [0.2, 0.25) is 0 Å². The molecule has 0 unspecified atom stereocenters. The van der Waals surface area contributed by atoms with Crippen molar-refractivity contribution in [3.8, 4) is 0 Å². The van der Waals surface area contributed by atoms with Gasteiger partial charge in [-0.05, 0) is 29.8 Å². The third-order valence-electron chi connectivity index (χ3n) is 2.06. The van der Waals surface area contributed by atoms with Gasteiger partial charge in [-0.1, -0.05) is 18.2 Å². The van der Waals surface area contributed by atoms with E-state index in [9.17, 15) is 0 Å². The first-order chi connectivity index (χ1) is 6.84. The van der Waals surface area contributed by atoms with Crippen LogP contribution in [0.25, 0.3) is 0 Å². The summed E-state index contributed by atoms with van der Waals surface area (Å²) in [5.74, 6) is 0. The van der Waals surface area contributed by atoms with Crippen LogP contribution >= 0.6 is 0 Å². The Hall–Kier alpha value is -1.83. The number of rotatable bonds is 2. The molecule has 2 heteroatoms. The topological polar surface area (TPSA) is 38.9 Å². The maximum absolute atomic E-state index is 5.69. The molecule has 0 aliphatic carbocycles. The van der Waals surface area contributed by atoms with Crippen LogP contribution in [0.15, 0.2) is 48.7 Å². The van der Waals surface area contributed by atoms with Crippen LogP contribution in [-0.4, -0.2) is 4.98 Å². The number of aromatic nitrogens is 1. The second-order valence-electron chi connectivity index (χ2n) is 3.24. The first kappa shape index (κ1) is 8.75. The van der Waals surface area contributed by atoms with Gasteiger partial charge in [0.15, 0.2) is 0 Å². The summed E-state index contributed by atoms with van der Waals surface area (Å²) in [6, 6.07) is 13.8. The quantitative estimate of drug-likeness (QED) is 0.727. The zero-order valence-corrected chi connectivity index (χ0v) is 7.85. The first-order valence-electron chi connectivity index (χ1n) is 4.59. The van der Waals surface area contributed by atoms with E-state index in [1.165, 1.54) is 5.56 Å². The zero-order valence-electron chi connectivity index (χ0n) is 7.85. The van der Waals surface area contributed by atoms with E-state index in [-0.39, 0.29) is 0 Å². The highest BCUT2D eigenvalue weighted by molar-refractivity contribution is 5.41. The molecule has 2 N–H and O–H groups in total. The SMILES string of the molecule is Nc1cccc(Cc2ccccn2)c1. The van der Waals surface area contributed by atoms with Crippen LogP contribution in [0.1, 0.15) is 11.3 Å². The first-order valence-corrected chi connectivity index (χ1v) is 4.59. The summed E-state index contributed by atoms with van der Waals surface area (Å²) in [4.78, 5) is 4.26. The molecule has 0 saturated carbocycles. The Morgan fingerprint density at radius 3 is 2.71 bits per heavy atom. The van der Waals surface area contributed by atoms with Gasteiger partial charge >= 0.3 is 0 Å². The number of hydrogen-bond donors (Lipinski definition) is 1. The van der Waals surface area contributed by atoms with Gasteiger partial charge < -0.3 is 5.73 Å². The van der Waals surface area contributed by atoms with Crippen molar-refractivity contribution in [2.24, 2.45) is 0 Å². The monoisotopic (exact) mass is 184 g/mol. The molecule has 70 valence electrons. The summed E-state index contributed by atoms with van der Waals surface area (Å²) in [5, 5.41) is 0. The molecular weight excluding hydrogens is 172 g/mol. The van der Waals surface area contributed by atoms with E-state index in [1.54, 1.807) is 0 Å². The molecule has 1 aromatic carbocycles. The zero-order chi connectivity index (χ0) is 9.80. The highest BCUT2D eigenvalue weighted by atomic mass is 14.7. The van der Waals surface area contributed by atoms with Gasteiger partial charge in [-0.15, -0.1) is 0 Å². The van der Waals surface area contributed by atoms with Crippen molar-refractivity contribution in [3.05, 3.63) is 59.9 Å². The van der Waals surface area contributed by atoms with Gasteiger partial charge in [0.1, 0.15) is 0 Å². The lowest BCUT2D eigenvalue weighted by molar-refractivity contribution is 1.07. The number of hydrogen-bond acceptors (Lipinski definition) is 2. The Bertz CT molecular complexity index is 410. The molecule has 2 rings (SSSR count). The Labute approximate surface area is 83.4 Å². The van der Waals surface area contributed by atoms with Crippen LogP contribution in [0.4, 0.5) is 5.69 Å². The van der Waals surface area contributed by atoms with E-state index >= 15 is 0 Å². The minimum atomic E-state index is 0.804. The number of nitrogens with two attached hydrogens (primary N) is 1. The smallest absolute Gasteiger partial charge is 0.0447 e. The number of anilines is 1. The molecule has 2 aromatic rings. The summed E-state index contributed by atoms with van der Waals surface area (Å²) in [5.41, 5.74) is 8.76. The maximum atomic E-state index is 5.69. The number of nitrogen functional groups attached to an aromatic ring is 1. The van der Waals surface area contributed by atoms with Crippen LogP contribution in [0.3, 0.4) is 0 Å². The van der Waals surface area contributed by atoms with Crippen molar-refractivity contribution < 1.29 is 0 Å². The van der Waals surface area contributed by atoms with Crippen molar-refractivity contribution >= 4 is 5.69 Å². The second-order valence-corrected chi connectivity index (χ2v) is 3.24. The normalized spacial score (nSPS) is 10.0. The molecule has 1 heterocycles. The van der Waals surface area contributed by atoms with E-state index in [1.807, 2.05) is 42.6 Å². The third-order valence-corrected chi connectivity index (χ3v) is 2.06.